The van der Waals surface area contributed by atoms with Crippen LogP contribution in [0.4, 0.5) is 0 Å². The number of hydrogen-bond donors (Lipinski definition) is 1. The molecule has 1 atom stereocenters. The molecule has 0 aliphatic heterocycles. The number of rotatable bonds is 5. The van der Waals surface area contributed by atoms with Crippen LogP contribution in [0.25, 0.3) is 0 Å². The molecule has 1 aromatic heterocycles. The van der Waals surface area contributed by atoms with Gasteiger partial charge in [-0.1, -0.05) is 0 Å². The maximum atomic E-state index is 5.42. The van der Waals surface area contributed by atoms with E-state index in [-0.39, 0.29) is 6.04 Å². The molecule has 4 heteroatoms. The van der Waals surface area contributed by atoms with Crippen molar-refractivity contribution < 1.29 is 9.47 Å². The van der Waals surface area contributed by atoms with Crippen molar-refractivity contribution >= 4 is 11.3 Å². The average Bonchev–Trinajstić information content (AvgIpc) is 2.87. The number of methoxy groups -OCH3 is 2. The first-order chi connectivity index (χ1) is 9.62. The van der Waals surface area contributed by atoms with E-state index in [1.165, 1.54) is 21.6 Å². The van der Waals surface area contributed by atoms with Crippen molar-refractivity contribution in [2.24, 2.45) is 0 Å². The number of aryl methyl sites for hydroxylation is 2. The van der Waals surface area contributed by atoms with Crippen LogP contribution in [0.1, 0.15) is 27.6 Å². The van der Waals surface area contributed by atoms with Crippen LogP contribution in [0, 0.1) is 13.8 Å². The Labute approximate surface area is 124 Å². The zero-order chi connectivity index (χ0) is 14.7. The maximum absolute atomic E-state index is 5.42. The van der Waals surface area contributed by atoms with Gasteiger partial charge in [0.1, 0.15) is 0 Å². The normalized spacial score (nSPS) is 12.2. The van der Waals surface area contributed by atoms with Crippen LogP contribution in [0.2, 0.25) is 0 Å². The third-order valence-electron chi connectivity index (χ3n) is 3.54. The van der Waals surface area contributed by atoms with Gasteiger partial charge in [0.15, 0.2) is 11.5 Å². The van der Waals surface area contributed by atoms with Crippen LogP contribution < -0.4 is 14.8 Å². The molecule has 0 fully saturated rings. The van der Waals surface area contributed by atoms with Crippen LogP contribution >= 0.6 is 11.3 Å². The number of nitrogens with one attached hydrogen (secondary N) is 1. The monoisotopic (exact) mass is 291 g/mol. The lowest BCUT2D eigenvalue weighted by molar-refractivity contribution is 0.354. The summed E-state index contributed by atoms with van der Waals surface area (Å²) in [4.78, 5) is 1.34. The highest BCUT2D eigenvalue weighted by molar-refractivity contribution is 7.10. The lowest BCUT2D eigenvalue weighted by atomic mass is 9.97. The van der Waals surface area contributed by atoms with E-state index in [1.54, 1.807) is 25.6 Å². The second-order valence-electron chi connectivity index (χ2n) is 4.75. The minimum Gasteiger partial charge on any atom is -0.493 e. The summed E-state index contributed by atoms with van der Waals surface area (Å²) in [5.41, 5.74) is 3.72. The van der Waals surface area contributed by atoms with E-state index in [0.29, 0.717) is 0 Å². The fourth-order valence-electron chi connectivity index (χ4n) is 2.42. The predicted molar refractivity (Wildman–Crippen MR) is 84.2 cm³/mol. The summed E-state index contributed by atoms with van der Waals surface area (Å²) in [5.74, 6) is 1.54. The smallest absolute Gasteiger partial charge is 0.161 e. The van der Waals surface area contributed by atoms with Gasteiger partial charge >= 0.3 is 0 Å². The zero-order valence-electron chi connectivity index (χ0n) is 12.6. The molecule has 1 N–H and O–H groups in total. The molecule has 1 heterocycles. The van der Waals surface area contributed by atoms with Crippen LogP contribution in [0.15, 0.2) is 23.6 Å². The van der Waals surface area contributed by atoms with Gasteiger partial charge in [-0.2, -0.15) is 0 Å². The van der Waals surface area contributed by atoms with Crippen molar-refractivity contribution in [3.05, 3.63) is 45.1 Å². The predicted octanol–water partition coefficient (Wildman–Crippen LogP) is 3.69. The third kappa shape index (κ3) is 2.67. The second kappa shape index (κ2) is 6.29. The van der Waals surface area contributed by atoms with Crippen LogP contribution in [-0.4, -0.2) is 21.3 Å². The van der Waals surface area contributed by atoms with Gasteiger partial charge in [-0.05, 0) is 61.2 Å². The fraction of sp³-hybridized carbons (Fsp3) is 0.375. The van der Waals surface area contributed by atoms with Gasteiger partial charge in [-0.3, -0.25) is 0 Å². The Balaban J connectivity index is 2.52. The quantitative estimate of drug-likeness (QED) is 0.911. The minimum absolute atomic E-state index is 0.176. The van der Waals surface area contributed by atoms with E-state index in [1.807, 2.05) is 13.1 Å². The summed E-state index contributed by atoms with van der Waals surface area (Å²) in [5, 5.41) is 5.54. The topological polar surface area (TPSA) is 30.5 Å². The number of ether oxygens (including phenoxy) is 2. The molecule has 0 saturated carbocycles. The lowest BCUT2D eigenvalue weighted by Gasteiger charge is -2.21. The Kier molecular flexibility index (Phi) is 4.68. The molecule has 1 aromatic carbocycles. The molecular formula is C16H21NO2S. The highest BCUT2D eigenvalue weighted by Crippen LogP contribution is 2.37. The van der Waals surface area contributed by atoms with Crippen LogP contribution in [-0.2, 0) is 0 Å². The summed E-state index contributed by atoms with van der Waals surface area (Å²) < 4.78 is 10.8. The molecule has 0 bridgehead atoms. The van der Waals surface area contributed by atoms with E-state index in [0.717, 1.165) is 11.5 Å². The van der Waals surface area contributed by atoms with Gasteiger partial charge in [0.25, 0.3) is 0 Å². The van der Waals surface area contributed by atoms with Crippen molar-refractivity contribution in [3.63, 3.8) is 0 Å². The van der Waals surface area contributed by atoms with Crippen LogP contribution in [0.3, 0.4) is 0 Å². The van der Waals surface area contributed by atoms with E-state index in [2.05, 4.69) is 36.7 Å². The highest BCUT2D eigenvalue weighted by Gasteiger charge is 2.20. The van der Waals surface area contributed by atoms with Crippen molar-refractivity contribution in [1.29, 1.82) is 0 Å². The summed E-state index contributed by atoms with van der Waals surface area (Å²) in [7, 11) is 5.32. The molecule has 108 valence electrons. The number of hydrogen-bond acceptors (Lipinski definition) is 4. The molecule has 0 aliphatic carbocycles. The maximum Gasteiger partial charge on any atom is 0.161 e. The van der Waals surface area contributed by atoms with E-state index in [9.17, 15) is 0 Å². The van der Waals surface area contributed by atoms with Crippen molar-refractivity contribution in [1.82, 2.24) is 5.32 Å². The summed E-state index contributed by atoms with van der Waals surface area (Å²) in [6.07, 6.45) is 0. The van der Waals surface area contributed by atoms with Crippen molar-refractivity contribution in [2.75, 3.05) is 21.3 Å². The van der Waals surface area contributed by atoms with Gasteiger partial charge < -0.3 is 14.8 Å². The summed E-state index contributed by atoms with van der Waals surface area (Å²) >= 11 is 1.77. The molecular weight excluding hydrogens is 270 g/mol. The molecule has 0 saturated heterocycles. The third-order valence-corrected chi connectivity index (χ3v) is 4.62. The number of benzene rings is 1. The van der Waals surface area contributed by atoms with Gasteiger partial charge in [0, 0.05) is 4.88 Å². The summed E-state index contributed by atoms with van der Waals surface area (Å²) in [6, 6.07) is 6.42. The Morgan fingerprint density at radius 3 is 2.20 bits per heavy atom. The first-order valence-electron chi connectivity index (χ1n) is 6.56. The zero-order valence-corrected chi connectivity index (χ0v) is 13.4. The molecule has 0 amide bonds. The molecule has 3 nitrogen and oxygen atoms in total. The average molecular weight is 291 g/mol. The Hall–Kier alpha value is -1.52. The first kappa shape index (κ1) is 14.9. The Bertz CT molecular complexity index is 592. The van der Waals surface area contributed by atoms with Crippen LogP contribution in [0.5, 0.6) is 11.5 Å². The first-order valence-corrected chi connectivity index (χ1v) is 7.44. The molecule has 2 rings (SSSR count). The van der Waals surface area contributed by atoms with E-state index >= 15 is 0 Å². The molecule has 0 aliphatic rings. The van der Waals surface area contributed by atoms with E-state index in [4.69, 9.17) is 9.47 Å². The highest BCUT2D eigenvalue weighted by atomic mass is 32.1. The van der Waals surface area contributed by atoms with Crippen molar-refractivity contribution in [3.8, 4) is 11.5 Å². The fourth-order valence-corrected chi connectivity index (χ4v) is 3.47. The molecule has 1 unspecified atom stereocenters. The standard InChI is InChI=1S/C16H21NO2S/c1-10-6-7-20-16(10)15(17-3)12-9-14(19-5)13(18-4)8-11(12)2/h6-9,15,17H,1-5H3. The van der Waals surface area contributed by atoms with Gasteiger partial charge in [-0.15, -0.1) is 11.3 Å². The minimum atomic E-state index is 0.176. The number of thiophene rings is 1. The van der Waals surface area contributed by atoms with E-state index < -0.39 is 0 Å². The van der Waals surface area contributed by atoms with Gasteiger partial charge in [0.2, 0.25) is 0 Å². The van der Waals surface area contributed by atoms with Crippen molar-refractivity contribution in [2.45, 2.75) is 19.9 Å². The molecule has 20 heavy (non-hydrogen) atoms. The largest absolute Gasteiger partial charge is 0.493 e. The molecule has 2 aromatic rings. The Morgan fingerprint density at radius 1 is 1.05 bits per heavy atom. The molecule has 0 spiro atoms. The summed E-state index contributed by atoms with van der Waals surface area (Å²) in [6.45, 7) is 4.25. The second-order valence-corrected chi connectivity index (χ2v) is 5.70. The molecule has 0 radical (unpaired) electrons. The Morgan fingerprint density at radius 2 is 1.70 bits per heavy atom. The van der Waals surface area contributed by atoms with Gasteiger partial charge in [0.05, 0.1) is 20.3 Å². The lowest BCUT2D eigenvalue weighted by Crippen LogP contribution is -2.18. The van der Waals surface area contributed by atoms with Gasteiger partial charge in [-0.25, -0.2) is 0 Å². The SMILES string of the molecule is CNC(c1cc(OC)c(OC)cc1C)c1sccc1C.